The fourth-order valence-corrected chi connectivity index (χ4v) is 4.23. The highest BCUT2D eigenvalue weighted by molar-refractivity contribution is 5.88. The summed E-state index contributed by atoms with van der Waals surface area (Å²) in [4.78, 5) is 12.2. The van der Waals surface area contributed by atoms with E-state index in [9.17, 15) is 0 Å². The molecule has 1 aliphatic carbocycles. The third-order valence-electron chi connectivity index (χ3n) is 6.17. The van der Waals surface area contributed by atoms with Crippen molar-refractivity contribution in [1.82, 2.24) is 20.4 Å². The zero-order chi connectivity index (χ0) is 20.7. The molecule has 6 nitrogen and oxygen atoms in total. The second-order valence-electron chi connectivity index (χ2n) is 9.35. The minimum Gasteiger partial charge on any atom is -0.356 e. The lowest BCUT2D eigenvalue weighted by molar-refractivity contribution is 0.391. The van der Waals surface area contributed by atoms with Crippen LogP contribution >= 0.6 is 0 Å². The highest BCUT2D eigenvalue weighted by Gasteiger charge is 2.30. The van der Waals surface area contributed by atoms with Crippen LogP contribution in [0.25, 0.3) is 22.4 Å². The van der Waals surface area contributed by atoms with E-state index < -0.39 is 0 Å². The van der Waals surface area contributed by atoms with E-state index in [1.807, 2.05) is 0 Å². The van der Waals surface area contributed by atoms with Crippen LogP contribution in [-0.4, -0.2) is 40.8 Å². The third kappa shape index (κ3) is 4.06. The maximum absolute atomic E-state index is 5.71. The number of anilines is 1. The number of fused-ring (bicyclic) bond motifs is 1. The molecular weight excluding hydrogens is 374 g/mol. The Balaban J connectivity index is 1.46. The Morgan fingerprint density at radius 3 is 2.63 bits per heavy atom. The number of aromatic nitrogens is 3. The molecular formula is C24H31N5O. The molecule has 1 saturated heterocycles. The number of benzene rings is 1. The molecule has 1 aliphatic heterocycles. The molecule has 2 aliphatic rings. The molecule has 1 saturated carbocycles. The van der Waals surface area contributed by atoms with E-state index in [-0.39, 0.29) is 0 Å². The molecule has 158 valence electrons. The summed E-state index contributed by atoms with van der Waals surface area (Å²) in [7, 11) is 0. The zero-order valence-corrected chi connectivity index (χ0v) is 18.2. The van der Waals surface area contributed by atoms with Gasteiger partial charge in [0.15, 0.2) is 5.82 Å². The number of rotatable bonds is 6. The summed E-state index contributed by atoms with van der Waals surface area (Å²) in [6.45, 7) is 9.67. The predicted octanol–water partition coefficient (Wildman–Crippen LogP) is 4.69. The van der Waals surface area contributed by atoms with Crippen molar-refractivity contribution in [1.29, 1.82) is 0 Å². The summed E-state index contributed by atoms with van der Waals surface area (Å²) in [5, 5.41) is 9.08. The highest BCUT2D eigenvalue weighted by atomic mass is 16.5. The molecule has 3 heterocycles. The number of hydrogen-bond acceptors (Lipinski definition) is 6. The molecule has 0 spiro atoms. The van der Waals surface area contributed by atoms with Gasteiger partial charge in [-0.15, -0.1) is 0 Å². The van der Waals surface area contributed by atoms with Gasteiger partial charge in [-0.05, 0) is 63.3 Å². The van der Waals surface area contributed by atoms with Crippen LogP contribution in [0.1, 0.15) is 56.8 Å². The zero-order valence-electron chi connectivity index (χ0n) is 18.2. The van der Waals surface area contributed by atoms with E-state index in [1.54, 1.807) is 0 Å². The van der Waals surface area contributed by atoms with Crippen molar-refractivity contribution < 1.29 is 4.52 Å². The van der Waals surface area contributed by atoms with Crippen molar-refractivity contribution in [2.75, 3.05) is 24.5 Å². The summed E-state index contributed by atoms with van der Waals surface area (Å²) in [6.07, 6.45) is 4.57. The molecule has 30 heavy (non-hydrogen) atoms. The molecule has 3 aromatic rings. The second-order valence-corrected chi connectivity index (χ2v) is 9.35. The minimum atomic E-state index is 0.476. The van der Waals surface area contributed by atoms with E-state index in [0.29, 0.717) is 23.8 Å². The second kappa shape index (κ2) is 7.99. The van der Waals surface area contributed by atoms with Gasteiger partial charge in [0.2, 0.25) is 0 Å². The van der Waals surface area contributed by atoms with Crippen molar-refractivity contribution in [3.05, 3.63) is 35.7 Å². The van der Waals surface area contributed by atoms with Crippen LogP contribution in [0.3, 0.4) is 0 Å². The lowest BCUT2D eigenvalue weighted by Crippen LogP contribution is -2.44. The number of hydrogen-bond donors (Lipinski definition) is 1. The van der Waals surface area contributed by atoms with Gasteiger partial charge in [-0.2, -0.15) is 4.98 Å². The smallest absolute Gasteiger partial charge is 0.261 e. The number of pyridine rings is 1. The van der Waals surface area contributed by atoms with Crippen LogP contribution in [0.5, 0.6) is 0 Å². The van der Waals surface area contributed by atoms with E-state index in [4.69, 9.17) is 14.5 Å². The molecule has 5 rings (SSSR count). The number of piperidine rings is 1. The fourth-order valence-electron chi connectivity index (χ4n) is 4.23. The Kier molecular flexibility index (Phi) is 5.19. The van der Waals surface area contributed by atoms with Crippen LogP contribution in [0, 0.1) is 12.8 Å². The summed E-state index contributed by atoms with van der Waals surface area (Å²) in [5.74, 6) is 3.57. The van der Waals surface area contributed by atoms with Crippen LogP contribution < -0.4 is 10.2 Å². The van der Waals surface area contributed by atoms with Gasteiger partial charge < -0.3 is 14.7 Å². The monoisotopic (exact) mass is 405 g/mol. The van der Waals surface area contributed by atoms with Crippen LogP contribution in [0.2, 0.25) is 0 Å². The van der Waals surface area contributed by atoms with Crippen molar-refractivity contribution in [2.24, 2.45) is 5.92 Å². The van der Waals surface area contributed by atoms with Crippen molar-refractivity contribution in [2.45, 2.75) is 58.4 Å². The van der Waals surface area contributed by atoms with Crippen LogP contribution in [0.4, 0.5) is 5.82 Å². The topological polar surface area (TPSA) is 67.1 Å². The summed E-state index contributed by atoms with van der Waals surface area (Å²) >= 11 is 0. The van der Waals surface area contributed by atoms with E-state index in [0.717, 1.165) is 73.4 Å². The first kappa shape index (κ1) is 19.5. The number of nitrogens with one attached hydrogen (secondary N) is 1. The Labute approximate surface area is 178 Å². The normalized spacial score (nSPS) is 17.9. The molecule has 0 unspecified atom stereocenters. The first-order chi connectivity index (χ1) is 14.6. The molecule has 0 amide bonds. The first-order valence-corrected chi connectivity index (χ1v) is 11.3. The van der Waals surface area contributed by atoms with Crippen molar-refractivity contribution in [3.63, 3.8) is 0 Å². The van der Waals surface area contributed by atoms with E-state index in [1.165, 1.54) is 5.56 Å². The van der Waals surface area contributed by atoms with E-state index >= 15 is 0 Å². The van der Waals surface area contributed by atoms with Crippen LogP contribution in [-0.2, 0) is 0 Å². The van der Waals surface area contributed by atoms with Gasteiger partial charge >= 0.3 is 0 Å². The average molecular weight is 406 g/mol. The molecule has 0 radical (unpaired) electrons. The summed E-state index contributed by atoms with van der Waals surface area (Å²) in [5.41, 5.74) is 3.20. The standard InChI is InChI=1S/C24H31N5O/c1-15(2)14-25-19-8-10-29(11-9-19)23-20(24-27-22(28-30-24)17-5-6-17)13-18-12-16(3)4-7-21(18)26-23/h4,7,12-13,15,17,19,25H,5-6,8-11,14H2,1-3H3. The largest absolute Gasteiger partial charge is 0.356 e. The van der Waals surface area contributed by atoms with Gasteiger partial charge in [-0.3, -0.25) is 0 Å². The minimum absolute atomic E-state index is 0.476. The molecule has 1 N–H and O–H groups in total. The maximum Gasteiger partial charge on any atom is 0.261 e. The van der Waals surface area contributed by atoms with Gasteiger partial charge in [-0.1, -0.05) is 30.6 Å². The van der Waals surface area contributed by atoms with Gasteiger partial charge in [-0.25, -0.2) is 4.98 Å². The Morgan fingerprint density at radius 1 is 1.10 bits per heavy atom. The van der Waals surface area contributed by atoms with Gasteiger partial charge in [0, 0.05) is 30.4 Å². The van der Waals surface area contributed by atoms with Crippen molar-refractivity contribution in [3.8, 4) is 11.5 Å². The summed E-state index contributed by atoms with van der Waals surface area (Å²) in [6, 6.07) is 9.17. The maximum atomic E-state index is 5.71. The Hall–Kier alpha value is -2.47. The average Bonchev–Trinajstić information content (AvgIpc) is 3.48. The number of aryl methyl sites for hydroxylation is 1. The Bertz CT molecular complexity index is 1030. The van der Waals surface area contributed by atoms with Gasteiger partial charge in [0.25, 0.3) is 5.89 Å². The highest BCUT2D eigenvalue weighted by Crippen LogP contribution is 2.40. The quantitative estimate of drug-likeness (QED) is 0.642. The molecule has 0 bridgehead atoms. The lowest BCUT2D eigenvalue weighted by atomic mass is 10.0. The van der Waals surface area contributed by atoms with Gasteiger partial charge in [0.05, 0.1) is 11.1 Å². The Morgan fingerprint density at radius 2 is 1.90 bits per heavy atom. The first-order valence-electron chi connectivity index (χ1n) is 11.3. The van der Waals surface area contributed by atoms with Crippen LogP contribution in [0.15, 0.2) is 28.8 Å². The van der Waals surface area contributed by atoms with E-state index in [2.05, 4.69) is 60.4 Å². The molecule has 2 fully saturated rings. The molecule has 0 atom stereocenters. The van der Waals surface area contributed by atoms with Gasteiger partial charge in [0.1, 0.15) is 5.82 Å². The molecule has 1 aromatic carbocycles. The lowest BCUT2D eigenvalue weighted by Gasteiger charge is -2.34. The molecule has 6 heteroatoms. The fraction of sp³-hybridized carbons (Fsp3) is 0.542. The van der Waals surface area contributed by atoms with Crippen molar-refractivity contribution >= 4 is 16.7 Å². The third-order valence-corrected chi connectivity index (χ3v) is 6.17. The SMILES string of the molecule is Cc1ccc2nc(N3CCC(NCC(C)C)CC3)c(-c3nc(C4CC4)no3)cc2c1. The predicted molar refractivity (Wildman–Crippen MR) is 120 cm³/mol. The summed E-state index contributed by atoms with van der Waals surface area (Å²) < 4.78 is 5.71. The number of nitrogens with zero attached hydrogens (tertiary/aromatic N) is 4. The molecule has 2 aromatic heterocycles.